The van der Waals surface area contributed by atoms with Crippen LogP contribution in [0.4, 0.5) is 0 Å². The lowest BCUT2D eigenvalue weighted by molar-refractivity contribution is -0.128. The van der Waals surface area contributed by atoms with Crippen LogP contribution in [0.15, 0.2) is 207 Å². The standard InChI is InChI=1S/C34H22O2S2.C31H20OS2/c1-3-31(35)36-32-27(25-14-8-12-23-21-10-4-6-16-29(21)37-33(23)25)18-20(2)19-28(32)26-15-9-13-24-22-11-5-7-17-30(22)38-34(24)26;1-18-16-25(23-12-6-10-21-19-8-2-4-14-27(19)33-30(21)23)29(32)26(17-18)24-13-7-11-22-20-9-3-5-15-28(20)34-31(22)24/h3-19H,1H2,2H3;2-17,32H,1H3. The zero-order chi connectivity index (χ0) is 48.6. The van der Waals surface area contributed by atoms with Crippen molar-refractivity contribution >= 4 is 132 Å². The SMILES string of the molecule is C=CC(=O)Oc1c(-c2cccc3c2sc2ccccc23)cc(C)cc1-c1cccc2c1sc1ccccc12.Cc1cc(-c2cccc3c2sc2ccccc23)c(O)c(-c2cccc3c2sc2ccccc23)c1. The second kappa shape index (κ2) is 17.7. The average molecular weight is 999 g/mol. The number of hydrogen-bond acceptors (Lipinski definition) is 7. The van der Waals surface area contributed by atoms with Crippen LogP contribution in [-0.4, -0.2) is 11.1 Å². The fourth-order valence-electron chi connectivity index (χ4n) is 10.5. The zero-order valence-corrected chi connectivity index (χ0v) is 42.4. The average Bonchev–Trinajstić information content (AvgIpc) is 4.20. The van der Waals surface area contributed by atoms with Gasteiger partial charge in [0.1, 0.15) is 11.5 Å². The molecule has 7 heteroatoms. The van der Waals surface area contributed by atoms with Crippen LogP contribution < -0.4 is 4.74 Å². The van der Waals surface area contributed by atoms with Crippen molar-refractivity contribution in [2.24, 2.45) is 0 Å². The van der Waals surface area contributed by atoms with Crippen LogP contribution in [-0.2, 0) is 4.79 Å². The van der Waals surface area contributed by atoms with E-state index >= 15 is 0 Å². The monoisotopic (exact) mass is 998 g/mol. The van der Waals surface area contributed by atoms with Gasteiger partial charge in [-0.2, -0.15) is 0 Å². The maximum Gasteiger partial charge on any atom is 0.335 e. The minimum atomic E-state index is -0.469. The Balaban J connectivity index is 0.000000141. The van der Waals surface area contributed by atoms with Crippen LogP contribution in [0.25, 0.3) is 125 Å². The molecule has 0 atom stereocenters. The third kappa shape index (κ3) is 7.31. The second-order valence-corrected chi connectivity index (χ2v) is 22.4. The van der Waals surface area contributed by atoms with E-state index in [9.17, 15) is 9.90 Å². The van der Waals surface area contributed by atoms with Gasteiger partial charge in [0.15, 0.2) is 0 Å². The van der Waals surface area contributed by atoms with Crippen molar-refractivity contribution in [1.29, 1.82) is 0 Å². The van der Waals surface area contributed by atoms with Gasteiger partial charge in [-0.1, -0.05) is 152 Å². The molecular weight excluding hydrogens is 957 g/mol. The molecule has 0 saturated heterocycles. The lowest BCUT2D eigenvalue weighted by Gasteiger charge is -2.17. The van der Waals surface area contributed by atoms with Gasteiger partial charge < -0.3 is 9.84 Å². The Morgan fingerprint density at radius 3 is 0.986 bits per heavy atom. The molecule has 4 heterocycles. The molecule has 4 aromatic heterocycles. The Labute approximate surface area is 431 Å². The summed E-state index contributed by atoms with van der Waals surface area (Å²) in [5.74, 6) is 0.444. The highest BCUT2D eigenvalue weighted by atomic mass is 32.1. The van der Waals surface area contributed by atoms with Crippen LogP contribution in [0, 0.1) is 13.8 Å². The number of fused-ring (bicyclic) bond motifs is 12. The largest absolute Gasteiger partial charge is 0.507 e. The summed E-state index contributed by atoms with van der Waals surface area (Å²) in [6, 6.07) is 68.1. The fourth-order valence-corrected chi connectivity index (χ4v) is 15.4. The van der Waals surface area contributed by atoms with Crippen LogP contribution >= 0.6 is 45.3 Å². The minimum Gasteiger partial charge on any atom is -0.507 e. The molecule has 0 aliphatic rings. The molecule has 3 nitrogen and oxygen atoms in total. The maximum atomic E-state index is 12.7. The van der Waals surface area contributed by atoms with Gasteiger partial charge in [0.05, 0.1) is 0 Å². The first-order valence-electron chi connectivity index (χ1n) is 23.8. The van der Waals surface area contributed by atoms with Crippen LogP contribution in [0.2, 0.25) is 0 Å². The molecule has 1 N–H and O–H groups in total. The van der Waals surface area contributed by atoms with Crippen LogP contribution in [0.3, 0.4) is 0 Å². The molecule has 14 rings (SSSR count). The van der Waals surface area contributed by atoms with E-state index in [0.717, 1.165) is 55.6 Å². The lowest BCUT2D eigenvalue weighted by Crippen LogP contribution is -2.06. The van der Waals surface area contributed by atoms with Gasteiger partial charge >= 0.3 is 5.97 Å². The molecule has 0 fully saturated rings. The van der Waals surface area contributed by atoms with Gasteiger partial charge in [-0.05, 0) is 73.5 Å². The molecular formula is C65H42O3S4. The Hall–Kier alpha value is -7.91. The maximum absolute atomic E-state index is 12.7. The number of hydrogen-bond donors (Lipinski definition) is 1. The number of carbonyl (C=O) groups is 1. The first-order valence-corrected chi connectivity index (χ1v) is 27.0. The Morgan fingerprint density at radius 1 is 0.389 bits per heavy atom. The molecule has 0 amide bonds. The topological polar surface area (TPSA) is 46.5 Å². The number of phenols is 1. The summed E-state index contributed by atoms with van der Waals surface area (Å²) < 4.78 is 15.9. The minimum absolute atomic E-state index is 0.348. The molecule has 0 bridgehead atoms. The summed E-state index contributed by atoms with van der Waals surface area (Å²) in [6.07, 6.45) is 1.23. The van der Waals surface area contributed by atoms with Crippen molar-refractivity contribution < 1.29 is 14.6 Å². The van der Waals surface area contributed by atoms with Gasteiger partial charge in [0.2, 0.25) is 0 Å². The van der Waals surface area contributed by atoms with Gasteiger partial charge in [-0.15, -0.1) is 45.3 Å². The van der Waals surface area contributed by atoms with E-state index < -0.39 is 5.97 Å². The van der Waals surface area contributed by atoms with E-state index in [1.807, 2.05) is 0 Å². The van der Waals surface area contributed by atoms with Gasteiger partial charge in [-0.3, -0.25) is 0 Å². The van der Waals surface area contributed by atoms with Crippen molar-refractivity contribution in [1.82, 2.24) is 0 Å². The number of benzene rings is 10. The molecule has 344 valence electrons. The Bertz CT molecular complexity index is 4250. The smallest absolute Gasteiger partial charge is 0.335 e. The Morgan fingerprint density at radius 2 is 0.667 bits per heavy atom. The van der Waals surface area contributed by atoms with Crippen molar-refractivity contribution in [2.75, 3.05) is 0 Å². The molecule has 0 aliphatic heterocycles. The predicted molar refractivity (Wildman–Crippen MR) is 313 cm³/mol. The third-order valence-electron chi connectivity index (χ3n) is 13.6. The summed E-state index contributed by atoms with van der Waals surface area (Å²) in [7, 11) is 0. The normalized spacial score (nSPS) is 11.6. The highest BCUT2D eigenvalue weighted by Crippen LogP contribution is 2.51. The molecule has 72 heavy (non-hydrogen) atoms. The number of thiophene rings is 4. The van der Waals surface area contributed by atoms with Gasteiger partial charge in [0.25, 0.3) is 0 Å². The number of rotatable bonds is 6. The van der Waals surface area contributed by atoms with Crippen molar-refractivity contribution in [3.8, 4) is 56.0 Å². The van der Waals surface area contributed by atoms with Gasteiger partial charge in [0, 0.05) is 131 Å². The van der Waals surface area contributed by atoms with E-state index in [4.69, 9.17) is 4.74 Å². The summed E-state index contributed by atoms with van der Waals surface area (Å²) >= 11 is 7.13. The number of phenolic OH excluding ortho intramolecular Hbond substituents is 1. The molecule has 0 radical (unpaired) electrons. The number of esters is 1. The lowest BCUT2D eigenvalue weighted by atomic mass is 9.93. The van der Waals surface area contributed by atoms with E-state index in [-0.39, 0.29) is 0 Å². The third-order valence-corrected chi connectivity index (χ3v) is 18.5. The van der Waals surface area contributed by atoms with Crippen molar-refractivity contribution in [3.63, 3.8) is 0 Å². The molecule has 0 aliphatic carbocycles. The summed E-state index contributed by atoms with van der Waals surface area (Å²) in [5.41, 5.74) is 10.1. The molecule has 0 spiro atoms. The highest BCUT2D eigenvalue weighted by Gasteiger charge is 2.23. The highest BCUT2D eigenvalue weighted by molar-refractivity contribution is 7.27. The quantitative estimate of drug-likeness (QED) is 0.103. The molecule has 0 unspecified atom stereocenters. The predicted octanol–water partition coefficient (Wildman–Crippen LogP) is 19.9. The first kappa shape index (κ1) is 44.1. The van der Waals surface area contributed by atoms with E-state index in [1.54, 1.807) is 45.3 Å². The van der Waals surface area contributed by atoms with Crippen LogP contribution in [0.1, 0.15) is 11.1 Å². The second-order valence-electron chi connectivity index (χ2n) is 18.1. The molecule has 14 aromatic rings. The number of ether oxygens (including phenoxy) is 1. The fraction of sp³-hybridized carbons (Fsp3) is 0.0308. The van der Waals surface area contributed by atoms with Crippen LogP contribution in [0.5, 0.6) is 11.5 Å². The summed E-state index contributed by atoms with van der Waals surface area (Å²) in [6.45, 7) is 7.88. The van der Waals surface area contributed by atoms with E-state index in [0.29, 0.717) is 11.5 Å². The summed E-state index contributed by atoms with van der Waals surface area (Å²) in [4.78, 5) is 12.7. The molecule has 0 saturated carbocycles. The first-order chi connectivity index (χ1) is 35.3. The summed E-state index contributed by atoms with van der Waals surface area (Å²) in [5, 5.41) is 21.6. The van der Waals surface area contributed by atoms with Gasteiger partial charge in [-0.25, -0.2) is 4.79 Å². The number of carbonyl (C=O) groups excluding carboxylic acids is 1. The van der Waals surface area contributed by atoms with Crippen molar-refractivity contribution in [3.05, 3.63) is 218 Å². The number of aryl methyl sites for hydroxylation is 2. The zero-order valence-electron chi connectivity index (χ0n) is 39.2. The Kier molecular flexibility index (Phi) is 10.9. The molecule has 10 aromatic carbocycles. The van der Waals surface area contributed by atoms with E-state index in [2.05, 4.69) is 215 Å². The van der Waals surface area contributed by atoms with E-state index in [1.165, 1.54) is 86.8 Å². The number of aromatic hydroxyl groups is 1. The van der Waals surface area contributed by atoms with Crippen molar-refractivity contribution in [2.45, 2.75) is 13.8 Å².